The average molecular weight is 228 g/mol. The first-order chi connectivity index (χ1) is 7.13. The summed E-state index contributed by atoms with van der Waals surface area (Å²) in [5.74, 6) is -0.104. The molecular weight excluding hydrogens is 212 g/mol. The van der Waals surface area contributed by atoms with E-state index in [1.807, 2.05) is 6.92 Å². The lowest BCUT2D eigenvalue weighted by Crippen LogP contribution is -2.25. The van der Waals surface area contributed by atoms with Crippen LogP contribution in [0.3, 0.4) is 0 Å². The first-order valence-electron chi connectivity index (χ1n) is 5.04. The summed E-state index contributed by atoms with van der Waals surface area (Å²) in [6.07, 6.45) is 2.65. The Balaban J connectivity index is 2.40. The van der Waals surface area contributed by atoms with Crippen LogP contribution in [0.25, 0.3) is 0 Å². The second-order valence-electron chi connectivity index (χ2n) is 3.37. The fourth-order valence-electron chi connectivity index (χ4n) is 1.06. The number of aliphatic hydroxyl groups excluding tert-OH is 1. The molecule has 4 nitrogen and oxygen atoms in total. The summed E-state index contributed by atoms with van der Waals surface area (Å²) in [7, 11) is 0. The molecule has 84 valence electrons. The summed E-state index contributed by atoms with van der Waals surface area (Å²) in [5.41, 5.74) is 0. The Morgan fingerprint density at radius 1 is 1.73 bits per heavy atom. The van der Waals surface area contributed by atoms with E-state index in [2.05, 4.69) is 10.3 Å². The van der Waals surface area contributed by atoms with Gasteiger partial charge in [0.15, 0.2) is 0 Å². The fraction of sp³-hybridized carbons (Fsp3) is 0.600. The maximum Gasteiger partial charge on any atom is 0.263 e. The molecule has 1 amide bonds. The molecule has 0 bridgehead atoms. The Labute approximate surface area is 93.4 Å². The monoisotopic (exact) mass is 228 g/mol. The summed E-state index contributed by atoms with van der Waals surface area (Å²) in [6.45, 7) is 4.21. The van der Waals surface area contributed by atoms with Crippen molar-refractivity contribution >= 4 is 17.2 Å². The minimum Gasteiger partial charge on any atom is -0.393 e. The van der Waals surface area contributed by atoms with Crippen LogP contribution in [0.1, 0.15) is 34.9 Å². The molecule has 1 aromatic rings. The van der Waals surface area contributed by atoms with E-state index in [0.29, 0.717) is 17.8 Å². The highest BCUT2D eigenvalue weighted by molar-refractivity contribution is 7.13. The summed E-state index contributed by atoms with van der Waals surface area (Å²) in [4.78, 5) is 16.3. The lowest BCUT2D eigenvalue weighted by molar-refractivity contribution is 0.0949. The molecule has 2 N–H and O–H groups in total. The molecule has 15 heavy (non-hydrogen) atoms. The molecule has 0 saturated carbocycles. The number of aliphatic hydroxyl groups is 1. The topological polar surface area (TPSA) is 62.2 Å². The van der Waals surface area contributed by atoms with Gasteiger partial charge in [0.25, 0.3) is 5.91 Å². The number of amides is 1. The van der Waals surface area contributed by atoms with Gasteiger partial charge in [-0.1, -0.05) is 6.92 Å². The second-order valence-corrected chi connectivity index (χ2v) is 4.48. The highest BCUT2D eigenvalue weighted by Gasteiger charge is 2.09. The van der Waals surface area contributed by atoms with E-state index < -0.39 is 0 Å². The van der Waals surface area contributed by atoms with Crippen molar-refractivity contribution in [3.63, 3.8) is 0 Å². The molecule has 0 aliphatic heterocycles. The van der Waals surface area contributed by atoms with Gasteiger partial charge in [0, 0.05) is 6.54 Å². The number of aromatic nitrogens is 1. The van der Waals surface area contributed by atoms with Crippen molar-refractivity contribution in [1.29, 1.82) is 0 Å². The van der Waals surface area contributed by atoms with Gasteiger partial charge in [0.2, 0.25) is 0 Å². The van der Waals surface area contributed by atoms with E-state index >= 15 is 0 Å². The highest BCUT2D eigenvalue weighted by atomic mass is 32.1. The summed E-state index contributed by atoms with van der Waals surface area (Å²) >= 11 is 1.41. The second kappa shape index (κ2) is 5.82. The number of rotatable bonds is 5. The maximum atomic E-state index is 11.5. The van der Waals surface area contributed by atoms with Crippen LogP contribution in [0, 0.1) is 0 Å². The van der Waals surface area contributed by atoms with Crippen molar-refractivity contribution in [2.24, 2.45) is 0 Å². The molecule has 1 rings (SSSR count). The van der Waals surface area contributed by atoms with Crippen LogP contribution in [0.2, 0.25) is 0 Å². The number of aryl methyl sites for hydroxylation is 1. The van der Waals surface area contributed by atoms with Gasteiger partial charge in [-0.15, -0.1) is 11.3 Å². The zero-order valence-corrected chi connectivity index (χ0v) is 9.80. The number of carbonyl (C=O) groups is 1. The number of hydrogen-bond acceptors (Lipinski definition) is 4. The first-order valence-corrected chi connectivity index (χ1v) is 5.86. The Bertz CT molecular complexity index is 323. The standard InChI is InChI=1S/C10H16N2O2S/c1-3-9-12-6-8(15-9)10(14)11-5-4-7(2)13/h6-7,13H,3-5H2,1-2H3,(H,11,14). The minimum absolute atomic E-state index is 0.104. The molecule has 0 saturated heterocycles. The molecule has 0 aromatic carbocycles. The smallest absolute Gasteiger partial charge is 0.263 e. The maximum absolute atomic E-state index is 11.5. The molecule has 5 heteroatoms. The number of hydrogen-bond donors (Lipinski definition) is 2. The van der Waals surface area contributed by atoms with Crippen LogP contribution in [-0.2, 0) is 6.42 Å². The Hall–Kier alpha value is -0.940. The quantitative estimate of drug-likeness (QED) is 0.796. The number of thiazole rings is 1. The number of nitrogens with one attached hydrogen (secondary N) is 1. The zero-order valence-electron chi connectivity index (χ0n) is 8.99. The molecular formula is C10H16N2O2S. The number of carbonyl (C=O) groups excluding carboxylic acids is 1. The Kier molecular flexibility index (Phi) is 4.71. The lowest BCUT2D eigenvalue weighted by Gasteiger charge is -2.04. The van der Waals surface area contributed by atoms with Crippen molar-refractivity contribution in [2.75, 3.05) is 6.54 Å². The third kappa shape index (κ3) is 3.97. The molecule has 1 unspecified atom stereocenters. The molecule has 1 atom stereocenters. The van der Waals surface area contributed by atoms with Crippen LogP contribution < -0.4 is 5.32 Å². The van der Waals surface area contributed by atoms with Gasteiger partial charge < -0.3 is 10.4 Å². The first kappa shape index (κ1) is 12.1. The predicted octanol–water partition coefficient (Wildman–Crippen LogP) is 1.21. The zero-order chi connectivity index (χ0) is 11.3. The van der Waals surface area contributed by atoms with Gasteiger partial charge in [-0.25, -0.2) is 4.98 Å². The van der Waals surface area contributed by atoms with Crippen LogP contribution in [0.5, 0.6) is 0 Å². The molecule has 1 heterocycles. The molecule has 0 aliphatic carbocycles. The van der Waals surface area contributed by atoms with Crippen molar-refractivity contribution in [3.8, 4) is 0 Å². The Morgan fingerprint density at radius 3 is 3.00 bits per heavy atom. The summed E-state index contributed by atoms with van der Waals surface area (Å²) < 4.78 is 0. The third-order valence-electron chi connectivity index (χ3n) is 1.93. The van der Waals surface area contributed by atoms with Crippen molar-refractivity contribution < 1.29 is 9.90 Å². The highest BCUT2D eigenvalue weighted by Crippen LogP contribution is 2.12. The summed E-state index contributed by atoms with van der Waals surface area (Å²) in [6, 6.07) is 0. The molecule has 0 spiro atoms. The van der Waals surface area contributed by atoms with E-state index in [1.165, 1.54) is 11.3 Å². The van der Waals surface area contributed by atoms with Crippen molar-refractivity contribution in [2.45, 2.75) is 32.8 Å². The van der Waals surface area contributed by atoms with Crippen LogP contribution in [0.15, 0.2) is 6.20 Å². The van der Waals surface area contributed by atoms with E-state index in [1.54, 1.807) is 13.1 Å². The predicted molar refractivity (Wildman–Crippen MR) is 60.1 cm³/mol. The van der Waals surface area contributed by atoms with Crippen molar-refractivity contribution in [3.05, 3.63) is 16.1 Å². The minimum atomic E-state index is -0.377. The van der Waals surface area contributed by atoms with E-state index in [-0.39, 0.29) is 12.0 Å². The van der Waals surface area contributed by atoms with E-state index in [4.69, 9.17) is 5.11 Å². The number of nitrogens with zero attached hydrogens (tertiary/aromatic N) is 1. The summed E-state index contributed by atoms with van der Waals surface area (Å²) in [5, 5.41) is 12.7. The van der Waals surface area contributed by atoms with Crippen LogP contribution in [-0.4, -0.2) is 28.6 Å². The SMILES string of the molecule is CCc1ncc(C(=O)NCCC(C)O)s1. The fourth-order valence-corrected chi connectivity index (χ4v) is 1.83. The molecule has 0 aliphatic rings. The van der Waals surface area contributed by atoms with Gasteiger partial charge in [0.05, 0.1) is 17.3 Å². The van der Waals surface area contributed by atoms with E-state index in [0.717, 1.165) is 11.4 Å². The largest absolute Gasteiger partial charge is 0.393 e. The van der Waals surface area contributed by atoms with Crippen LogP contribution >= 0.6 is 11.3 Å². The molecule has 1 aromatic heterocycles. The molecule has 0 radical (unpaired) electrons. The molecule has 0 fully saturated rings. The van der Waals surface area contributed by atoms with Gasteiger partial charge >= 0.3 is 0 Å². The van der Waals surface area contributed by atoms with Gasteiger partial charge in [-0.05, 0) is 19.8 Å². The van der Waals surface area contributed by atoms with Gasteiger partial charge in [-0.2, -0.15) is 0 Å². The normalized spacial score (nSPS) is 12.5. The Morgan fingerprint density at radius 2 is 2.47 bits per heavy atom. The van der Waals surface area contributed by atoms with Gasteiger partial charge in [-0.3, -0.25) is 4.79 Å². The average Bonchev–Trinajstić information content (AvgIpc) is 2.65. The lowest BCUT2D eigenvalue weighted by atomic mass is 10.3. The van der Waals surface area contributed by atoms with Crippen molar-refractivity contribution in [1.82, 2.24) is 10.3 Å². The third-order valence-corrected chi connectivity index (χ3v) is 3.07. The van der Waals surface area contributed by atoms with E-state index in [9.17, 15) is 4.79 Å². The van der Waals surface area contributed by atoms with Crippen LogP contribution in [0.4, 0.5) is 0 Å². The van der Waals surface area contributed by atoms with Gasteiger partial charge in [0.1, 0.15) is 4.88 Å².